The molecule has 0 bridgehead atoms. The lowest BCUT2D eigenvalue weighted by atomic mass is 10.1. The summed E-state index contributed by atoms with van der Waals surface area (Å²) in [6.45, 7) is 2.75. The van der Waals surface area contributed by atoms with Crippen molar-refractivity contribution in [1.82, 2.24) is 0 Å². The maximum Gasteiger partial charge on any atom is 0.311 e. The van der Waals surface area contributed by atoms with E-state index in [1.54, 1.807) is 0 Å². The Morgan fingerprint density at radius 3 is 2.44 bits per heavy atom. The molecule has 4 heteroatoms. The fourth-order valence-electron chi connectivity index (χ4n) is 1.59. The average Bonchev–Trinajstić information content (AvgIpc) is 2.32. The Morgan fingerprint density at radius 1 is 1.22 bits per heavy atom. The van der Waals surface area contributed by atoms with Crippen LogP contribution < -0.4 is 10.5 Å². The second-order valence-corrected chi connectivity index (χ2v) is 4.11. The molecule has 0 amide bonds. The highest BCUT2D eigenvalue weighted by molar-refractivity contribution is 5.85. The molecule has 0 aliphatic heterocycles. The Kier molecular flexibility index (Phi) is 9.33. The van der Waals surface area contributed by atoms with Crippen molar-refractivity contribution in [2.24, 2.45) is 5.73 Å². The van der Waals surface area contributed by atoms with Gasteiger partial charge in [0.25, 0.3) is 0 Å². The van der Waals surface area contributed by atoms with Crippen LogP contribution in [0.4, 0.5) is 0 Å². The van der Waals surface area contributed by atoms with Gasteiger partial charge in [0.05, 0.1) is 0 Å². The van der Waals surface area contributed by atoms with Crippen LogP contribution in [0.15, 0.2) is 24.3 Å². The Hall–Kier alpha value is -1.06. The molecule has 0 aliphatic carbocycles. The Labute approximate surface area is 115 Å². The lowest BCUT2D eigenvalue weighted by Gasteiger charge is -2.05. The summed E-state index contributed by atoms with van der Waals surface area (Å²) in [6.07, 6.45) is 4.44. The molecule has 0 unspecified atom stereocenters. The van der Waals surface area contributed by atoms with Gasteiger partial charge in [-0.05, 0) is 37.1 Å². The van der Waals surface area contributed by atoms with Crippen LogP contribution >= 0.6 is 12.4 Å². The van der Waals surface area contributed by atoms with Gasteiger partial charge >= 0.3 is 5.97 Å². The summed E-state index contributed by atoms with van der Waals surface area (Å²) in [5, 5.41) is 0. The van der Waals surface area contributed by atoms with E-state index in [0.717, 1.165) is 25.7 Å². The third kappa shape index (κ3) is 6.62. The first-order valence-electron chi connectivity index (χ1n) is 6.26. The van der Waals surface area contributed by atoms with Crippen molar-refractivity contribution in [3.8, 4) is 5.75 Å². The molecule has 0 aliphatic rings. The number of carbonyl (C=O) groups is 1. The number of ether oxygens (including phenoxy) is 1. The van der Waals surface area contributed by atoms with E-state index in [0.29, 0.717) is 18.7 Å². The predicted molar refractivity (Wildman–Crippen MR) is 76.2 cm³/mol. The number of carbonyl (C=O) groups excluding carboxylic acids is 1. The fourth-order valence-corrected chi connectivity index (χ4v) is 1.59. The van der Waals surface area contributed by atoms with E-state index in [4.69, 9.17) is 10.5 Å². The molecule has 0 heterocycles. The zero-order chi connectivity index (χ0) is 12.5. The first-order chi connectivity index (χ1) is 8.26. The van der Waals surface area contributed by atoms with E-state index in [-0.39, 0.29) is 18.4 Å². The SMILES string of the molecule is CCCCCC(=O)Oc1ccc(CCN)cc1.Cl. The average molecular weight is 272 g/mol. The predicted octanol–water partition coefficient (Wildman–Crippen LogP) is 3.10. The fraction of sp³-hybridized carbons (Fsp3) is 0.500. The summed E-state index contributed by atoms with van der Waals surface area (Å²) in [7, 11) is 0. The molecule has 0 saturated carbocycles. The number of hydrogen-bond acceptors (Lipinski definition) is 3. The van der Waals surface area contributed by atoms with Crippen molar-refractivity contribution in [3.63, 3.8) is 0 Å². The second-order valence-electron chi connectivity index (χ2n) is 4.11. The molecule has 102 valence electrons. The van der Waals surface area contributed by atoms with Crippen LogP contribution in [0.1, 0.15) is 38.2 Å². The maximum absolute atomic E-state index is 11.5. The molecule has 1 rings (SSSR count). The zero-order valence-corrected chi connectivity index (χ0v) is 11.7. The molecule has 0 saturated heterocycles. The Balaban J connectivity index is 0.00000289. The lowest BCUT2D eigenvalue weighted by Crippen LogP contribution is -2.07. The van der Waals surface area contributed by atoms with Crippen LogP contribution in [-0.2, 0) is 11.2 Å². The highest BCUT2D eigenvalue weighted by Gasteiger charge is 2.04. The number of unbranched alkanes of at least 4 members (excludes halogenated alkanes) is 2. The van der Waals surface area contributed by atoms with Crippen molar-refractivity contribution in [3.05, 3.63) is 29.8 Å². The summed E-state index contributed by atoms with van der Waals surface area (Å²) in [5.74, 6) is 0.470. The van der Waals surface area contributed by atoms with Crippen LogP contribution in [-0.4, -0.2) is 12.5 Å². The zero-order valence-electron chi connectivity index (χ0n) is 10.9. The molecule has 1 aromatic rings. The van der Waals surface area contributed by atoms with Crippen molar-refractivity contribution >= 4 is 18.4 Å². The Bertz CT molecular complexity index is 338. The van der Waals surface area contributed by atoms with E-state index in [9.17, 15) is 4.79 Å². The van der Waals surface area contributed by atoms with E-state index in [1.807, 2.05) is 24.3 Å². The van der Waals surface area contributed by atoms with Crippen molar-refractivity contribution in [2.45, 2.75) is 39.0 Å². The minimum atomic E-state index is -0.148. The molecule has 0 fully saturated rings. The van der Waals surface area contributed by atoms with Gasteiger partial charge in [-0.1, -0.05) is 31.9 Å². The van der Waals surface area contributed by atoms with Crippen molar-refractivity contribution in [2.75, 3.05) is 6.54 Å². The maximum atomic E-state index is 11.5. The van der Waals surface area contributed by atoms with Crippen molar-refractivity contribution < 1.29 is 9.53 Å². The molecule has 0 radical (unpaired) electrons. The van der Waals surface area contributed by atoms with Gasteiger partial charge in [-0.2, -0.15) is 0 Å². The minimum absolute atomic E-state index is 0. The summed E-state index contributed by atoms with van der Waals surface area (Å²) < 4.78 is 5.22. The van der Waals surface area contributed by atoms with Crippen LogP contribution in [0.3, 0.4) is 0 Å². The van der Waals surface area contributed by atoms with Crippen LogP contribution in [0, 0.1) is 0 Å². The summed E-state index contributed by atoms with van der Waals surface area (Å²) in [4.78, 5) is 11.5. The molecular formula is C14H22ClNO2. The molecule has 3 nitrogen and oxygen atoms in total. The number of nitrogens with two attached hydrogens (primary N) is 1. The highest BCUT2D eigenvalue weighted by Crippen LogP contribution is 2.13. The van der Waals surface area contributed by atoms with Gasteiger partial charge in [0.15, 0.2) is 0 Å². The normalized spacial score (nSPS) is 9.67. The summed E-state index contributed by atoms with van der Waals surface area (Å²) in [6, 6.07) is 7.54. The van der Waals surface area contributed by atoms with Gasteiger partial charge < -0.3 is 10.5 Å². The number of hydrogen-bond donors (Lipinski definition) is 1. The molecule has 0 spiro atoms. The van der Waals surface area contributed by atoms with E-state index < -0.39 is 0 Å². The van der Waals surface area contributed by atoms with Gasteiger partial charge in [0.2, 0.25) is 0 Å². The quantitative estimate of drug-likeness (QED) is 0.471. The monoisotopic (exact) mass is 271 g/mol. The van der Waals surface area contributed by atoms with Gasteiger partial charge in [-0.3, -0.25) is 4.79 Å². The third-order valence-corrected chi connectivity index (χ3v) is 2.57. The molecule has 0 atom stereocenters. The summed E-state index contributed by atoms with van der Waals surface area (Å²) >= 11 is 0. The highest BCUT2D eigenvalue weighted by atomic mass is 35.5. The summed E-state index contributed by atoms with van der Waals surface area (Å²) in [5.41, 5.74) is 6.63. The minimum Gasteiger partial charge on any atom is -0.427 e. The Morgan fingerprint density at radius 2 is 1.89 bits per heavy atom. The number of benzene rings is 1. The van der Waals surface area contributed by atoms with Gasteiger partial charge in [-0.15, -0.1) is 12.4 Å². The van der Waals surface area contributed by atoms with Gasteiger partial charge in [0, 0.05) is 6.42 Å². The van der Waals surface area contributed by atoms with Crippen molar-refractivity contribution in [1.29, 1.82) is 0 Å². The van der Waals surface area contributed by atoms with Crippen LogP contribution in [0.25, 0.3) is 0 Å². The standard InChI is InChI=1S/C14H21NO2.ClH/c1-2-3-4-5-14(16)17-13-8-6-12(7-9-13)10-11-15;/h6-9H,2-5,10-11,15H2,1H3;1H. The second kappa shape index (κ2) is 9.92. The number of esters is 1. The number of halogens is 1. The number of rotatable bonds is 7. The first-order valence-corrected chi connectivity index (χ1v) is 6.26. The molecule has 1 aromatic carbocycles. The molecule has 2 N–H and O–H groups in total. The van der Waals surface area contributed by atoms with E-state index in [2.05, 4.69) is 6.92 Å². The molecule has 18 heavy (non-hydrogen) atoms. The topological polar surface area (TPSA) is 52.3 Å². The third-order valence-electron chi connectivity index (χ3n) is 2.57. The molecule has 0 aromatic heterocycles. The van der Waals surface area contributed by atoms with Gasteiger partial charge in [-0.25, -0.2) is 0 Å². The largest absolute Gasteiger partial charge is 0.427 e. The molecular weight excluding hydrogens is 250 g/mol. The first kappa shape index (κ1) is 16.9. The van der Waals surface area contributed by atoms with E-state index >= 15 is 0 Å². The van der Waals surface area contributed by atoms with Crippen LogP contribution in [0.5, 0.6) is 5.75 Å². The van der Waals surface area contributed by atoms with E-state index in [1.165, 1.54) is 5.56 Å². The van der Waals surface area contributed by atoms with Crippen LogP contribution in [0.2, 0.25) is 0 Å². The van der Waals surface area contributed by atoms with Gasteiger partial charge in [0.1, 0.15) is 5.75 Å². The smallest absolute Gasteiger partial charge is 0.311 e. The lowest BCUT2D eigenvalue weighted by molar-refractivity contribution is -0.134.